The van der Waals surface area contributed by atoms with E-state index in [-0.39, 0.29) is 18.3 Å². The first-order valence-corrected chi connectivity index (χ1v) is 23.5. The van der Waals surface area contributed by atoms with E-state index in [0.717, 1.165) is 75.9 Å². The van der Waals surface area contributed by atoms with Gasteiger partial charge in [0, 0.05) is 44.7 Å². The van der Waals surface area contributed by atoms with Gasteiger partial charge < -0.3 is 14.4 Å². The zero-order chi connectivity index (χ0) is 40.3. The van der Waals surface area contributed by atoms with Crippen LogP contribution in [-0.4, -0.2) is 54.8 Å². The van der Waals surface area contributed by atoms with Gasteiger partial charge in [-0.3, -0.25) is 19.1 Å². The van der Waals surface area contributed by atoms with Gasteiger partial charge in [0.2, 0.25) is 0 Å². The second kappa shape index (κ2) is 28.6. The SMILES string of the molecule is CCCCCCCCCCCCCCCCCCCCCCCC(=O)OCn1c(=O)ccc2ccc(OCCCCN3CCN(c4cccc(Cl)c4Cl)CC3)cc21. The number of rotatable bonds is 31. The molecule has 0 spiro atoms. The minimum atomic E-state index is -0.251. The third-order valence-electron chi connectivity index (χ3n) is 11.6. The van der Waals surface area contributed by atoms with E-state index < -0.39 is 0 Å². The summed E-state index contributed by atoms with van der Waals surface area (Å²) < 4.78 is 13.2. The topological polar surface area (TPSA) is 64.0 Å². The number of nitrogens with zero attached hydrogens (tertiary/aromatic N) is 3. The highest BCUT2D eigenvalue weighted by atomic mass is 35.5. The zero-order valence-electron chi connectivity index (χ0n) is 35.3. The van der Waals surface area contributed by atoms with Crippen molar-refractivity contribution in [2.75, 3.05) is 44.2 Å². The fourth-order valence-corrected chi connectivity index (χ4v) is 8.39. The van der Waals surface area contributed by atoms with Gasteiger partial charge >= 0.3 is 5.97 Å². The number of piperazine rings is 1. The smallest absolute Gasteiger partial charge is 0.307 e. The molecular weight excluding hydrogens is 753 g/mol. The van der Waals surface area contributed by atoms with Gasteiger partial charge in [0.15, 0.2) is 6.73 Å². The van der Waals surface area contributed by atoms with Gasteiger partial charge in [-0.15, -0.1) is 0 Å². The Labute approximate surface area is 354 Å². The summed E-state index contributed by atoms with van der Waals surface area (Å²) in [4.78, 5) is 30.2. The molecule has 2 heterocycles. The number of unbranched alkanes of at least 4 members (excludes halogenated alkanes) is 21. The van der Waals surface area contributed by atoms with Crippen molar-refractivity contribution in [3.05, 3.63) is 68.9 Å². The number of hydrogen-bond acceptors (Lipinski definition) is 6. The van der Waals surface area contributed by atoms with Crippen molar-refractivity contribution in [3.8, 4) is 5.75 Å². The predicted molar refractivity (Wildman–Crippen MR) is 241 cm³/mol. The summed E-state index contributed by atoms with van der Waals surface area (Å²) in [5.74, 6) is 0.457. The number of pyridine rings is 1. The zero-order valence-corrected chi connectivity index (χ0v) is 36.8. The largest absolute Gasteiger partial charge is 0.494 e. The van der Waals surface area contributed by atoms with E-state index in [1.54, 1.807) is 6.07 Å². The summed E-state index contributed by atoms with van der Waals surface area (Å²) in [6.45, 7) is 7.61. The van der Waals surface area contributed by atoms with Crippen LogP contribution < -0.4 is 15.2 Å². The molecule has 0 amide bonds. The molecule has 2 aromatic carbocycles. The second-order valence-corrected chi connectivity index (χ2v) is 17.0. The first-order chi connectivity index (χ1) is 28.0. The minimum Gasteiger partial charge on any atom is -0.494 e. The molecule has 1 saturated heterocycles. The van der Waals surface area contributed by atoms with Crippen LogP contribution in [0.5, 0.6) is 5.75 Å². The molecular formula is C48H73Cl2N3O4. The van der Waals surface area contributed by atoms with Gasteiger partial charge in [-0.1, -0.05) is 165 Å². The lowest BCUT2D eigenvalue weighted by Gasteiger charge is -2.36. The van der Waals surface area contributed by atoms with E-state index in [1.807, 2.05) is 36.4 Å². The number of ether oxygens (including phenoxy) is 2. The number of fused-ring (bicyclic) bond motifs is 1. The Morgan fingerprint density at radius 2 is 1.21 bits per heavy atom. The molecule has 3 aromatic rings. The van der Waals surface area contributed by atoms with Crippen LogP contribution in [-0.2, 0) is 16.3 Å². The number of carbonyl (C=O) groups excluding carboxylic acids is 1. The number of halogens is 2. The second-order valence-electron chi connectivity index (χ2n) is 16.2. The summed E-state index contributed by atoms with van der Waals surface area (Å²) in [5, 5.41) is 2.12. The third kappa shape index (κ3) is 18.4. The van der Waals surface area contributed by atoms with E-state index in [2.05, 4.69) is 16.7 Å². The van der Waals surface area contributed by atoms with Crippen LogP contribution in [0, 0.1) is 0 Å². The summed E-state index contributed by atoms with van der Waals surface area (Å²) in [7, 11) is 0. The van der Waals surface area contributed by atoms with Gasteiger partial charge in [-0.2, -0.15) is 0 Å². The van der Waals surface area contributed by atoms with E-state index in [4.69, 9.17) is 32.7 Å². The Morgan fingerprint density at radius 3 is 1.81 bits per heavy atom. The molecule has 57 heavy (non-hydrogen) atoms. The molecule has 0 unspecified atom stereocenters. The highest BCUT2D eigenvalue weighted by molar-refractivity contribution is 6.43. The van der Waals surface area contributed by atoms with Gasteiger partial charge in [-0.05, 0) is 61.5 Å². The highest BCUT2D eigenvalue weighted by Crippen LogP contribution is 2.33. The molecule has 0 saturated carbocycles. The van der Waals surface area contributed by atoms with Crippen molar-refractivity contribution < 1.29 is 14.3 Å². The van der Waals surface area contributed by atoms with E-state index in [0.29, 0.717) is 34.3 Å². The molecule has 9 heteroatoms. The number of hydrogen-bond donors (Lipinski definition) is 0. The maximum atomic E-state index is 12.8. The van der Waals surface area contributed by atoms with Crippen LogP contribution in [0.4, 0.5) is 5.69 Å². The van der Waals surface area contributed by atoms with Crippen molar-refractivity contribution >= 4 is 45.8 Å². The Kier molecular flexibility index (Phi) is 23.6. The maximum Gasteiger partial charge on any atom is 0.307 e. The lowest BCUT2D eigenvalue weighted by atomic mass is 10.0. The molecule has 0 radical (unpaired) electrons. The molecule has 1 aliphatic heterocycles. The van der Waals surface area contributed by atoms with Crippen molar-refractivity contribution in [2.24, 2.45) is 0 Å². The molecule has 0 atom stereocenters. The number of anilines is 1. The van der Waals surface area contributed by atoms with Crippen molar-refractivity contribution in [2.45, 2.75) is 168 Å². The summed E-state index contributed by atoms with van der Waals surface area (Å²) in [6.07, 6.45) is 30.4. The third-order valence-corrected chi connectivity index (χ3v) is 12.4. The van der Waals surface area contributed by atoms with Crippen molar-refractivity contribution in [3.63, 3.8) is 0 Å². The number of benzene rings is 2. The van der Waals surface area contributed by atoms with Gasteiger partial charge in [0.1, 0.15) is 5.75 Å². The molecule has 0 bridgehead atoms. The van der Waals surface area contributed by atoms with Gasteiger partial charge in [0.05, 0.1) is 27.9 Å². The molecule has 1 aliphatic rings. The van der Waals surface area contributed by atoms with Crippen LogP contribution in [0.2, 0.25) is 10.0 Å². The van der Waals surface area contributed by atoms with Gasteiger partial charge in [0.25, 0.3) is 5.56 Å². The highest BCUT2D eigenvalue weighted by Gasteiger charge is 2.19. The lowest BCUT2D eigenvalue weighted by molar-refractivity contribution is -0.147. The fourth-order valence-electron chi connectivity index (χ4n) is 7.98. The number of esters is 1. The summed E-state index contributed by atoms with van der Waals surface area (Å²) in [6, 6.07) is 14.9. The molecule has 0 N–H and O–H groups in total. The van der Waals surface area contributed by atoms with Crippen LogP contribution in [0.25, 0.3) is 10.9 Å². The molecule has 318 valence electrons. The molecule has 4 rings (SSSR count). The molecule has 0 aliphatic carbocycles. The number of aromatic nitrogens is 1. The number of carbonyl (C=O) groups is 1. The standard InChI is InChI=1S/C48H73Cl2N3O4/c1-2-3-4-5-6-7-8-9-10-11-12-13-14-15-16-17-18-19-20-21-22-28-47(55)57-40-53-45-39-42(31-29-41(45)30-32-46(53)54)56-38-24-23-33-51-34-36-52(37-35-51)44-27-25-26-43(49)48(44)50/h25-27,29-32,39H,2-24,28,33-38,40H2,1H3. The first kappa shape index (κ1) is 46.9. The Balaban J connectivity index is 0.992. The van der Waals surface area contributed by atoms with Gasteiger partial charge in [-0.25, -0.2) is 0 Å². The monoisotopic (exact) mass is 825 g/mol. The first-order valence-electron chi connectivity index (χ1n) is 22.8. The molecule has 7 nitrogen and oxygen atoms in total. The Morgan fingerprint density at radius 1 is 0.649 bits per heavy atom. The average molecular weight is 827 g/mol. The van der Waals surface area contributed by atoms with Crippen LogP contribution in [0.3, 0.4) is 0 Å². The molecule has 1 fully saturated rings. The average Bonchev–Trinajstić information content (AvgIpc) is 3.22. The normalized spacial score (nSPS) is 13.4. The summed E-state index contributed by atoms with van der Waals surface area (Å²) >= 11 is 12.7. The maximum absolute atomic E-state index is 12.8. The quantitative estimate of drug-likeness (QED) is 0.0476. The Hall–Kier alpha value is -2.74. The summed E-state index contributed by atoms with van der Waals surface area (Å²) in [5.41, 5.74) is 1.52. The predicted octanol–water partition coefficient (Wildman–Crippen LogP) is 13.4. The fraction of sp³-hybridized carbons (Fsp3) is 0.667. The van der Waals surface area contributed by atoms with E-state index in [1.165, 1.54) is 126 Å². The minimum absolute atomic E-state index is 0.0888. The van der Waals surface area contributed by atoms with Crippen LogP contribution >= 0.6 is 23.2 Å². The Bertz CT molecular complexity index is 1610. The van der Waals surface area contributed by atoms with Crippen LogP contribution in [0.1, 0.15) is 161 Å². The lowest BCUT2D eigenvalue weighted by Crippen LogP contribution is -2.46. The van der Waals surface area contributed by atoms with Crippen molar-refractivity contribution in [1.29, 1.82) is 0 Å². The van der Waals surface area contributed by atoms with Crippen molar-refractivity contribution in [1.82, 2.24) is 9.47 Å². The van der Waals surface area contributed by atoms with Crippen LogP contribution in [0.15, 0.2) is 53.3 Å². The van der Waals surface area contributed by atoms with E-state index >= 15 is 0 Å². The molecule has 1 aromatic heterocycles. The van der Waals surface area contributed by atoms with E-state index in [9.17, 15) is 9.59 Å².